The number of halogens is 2. The van der Waals surface area contributed by atoms with Gasteiger partial charge >= 0.3 is 0 Å². The molecule has 0 aliphatic rings. The van der Waals surface area contributed by atoms with Crippen molar-refractivity contribution in [3.8, 4) is 5.75 Å². The Labute approximate surface area is 135 Å². The lowest BCUT2D eigenvalue weighted by atomic mass is 10.2. The maximum atomic E-state index is 6.00. The van der Waals surface area contributed by atoms with Crippen molar-refractivity contribution in [2.24, 2.45) is 0 Å². The molecule has 0 saturated heterocycles. The van der Waals surface area contributed by atoms with Crippen molar-refractivity contribution in [1.82, 2.24) is 0 Å². The van der Waals surface area contributed by atoms with Crippen LogP contribution in [0.2, 0.25) is 5.02 Å². The van der Waals surface area contributed by atoms with Gasteiger partial charge in [-0.15, -0.1) is 11.3 Å². The Morgan fingerprint density at radius 3 is 2.80 bits per heavy atom. The smallest absolute Gasteiger partial charge is 0.123 e. The summed E-state index contributed by atoms with van der Waals surface area (Å²) >= 11 is 11.2. The van der Waals surface area contributed by atoms with E-state index in [4.69, 9.17) is 16.3 Å². The highest BCUT2D eigenvalue weighted by molar-refractivity contribution is 9.08. The minimum Gasteiger partial charge on any atom is -0.489 e. The highest BCUT2D eigenvalue weighted by Gasteiger charge is 2.07. The molecule has 0 amide bonds. The fourth-order valence-corrected chi connectivity index (χ4v) is 3.67. The molecular formula is C16H12BrClOS. The van der Waals surface area contributed by atoms with E-state index in [1.807, 2.05) is 18.2 Å². The number of fused-ring (bicyclic) bond motifs is 1. The van der Waals surface area contributed by atoms with Crippen LogP contribution in [0.4, 0.5) is 0 Å². The Bertz CT molecular complexity index is 738. The van der Waals surface area contributed by atoms with E-state index < -0.39 is 0 Å². The Balaban J connectivity index is 1.83. The summed E-state index contributed by atoms with van der Waals surface area (Å²) in [6.07, 6.45) is 0. The van der Waals surface area contributed by atoms with Crippen molar-refractivity contribution in [2.45, 2.75) is 11.9 Å². The Hall–Kier alpha value is -1.03. The van der Waals surface area contributed by atoms with E-state index in [9.17, 15) is 0 Å². The highest BCUT2D eigenvalue weighted by Crippen LogP contribution is 2.29. The molecule has 0 bridgehead atoms. The maximum Gasteiger partial charge on any atom is 0.123 e. The number of hydrogen-bond donors (Lipinski definition) is 0. The van der Waals surface area contributed by atoms with Gasteiger partial charge in [-0.05, 0) is 35.0 Å². The predicted molar refractivity (Wildman–Crippen MR) is 90.2 cm³/mol. The molecule has 3 rings (SSSR count). The van der Waals surface area contributed by atoms with Crippen LogP contribution >= 0.6 is 38.9 Å². The lowest BCUT2D eigenvalue weighted by Crippen LogP contribution is -1.97. The standard InChI is InChI=1S/C16H12BrClOS/c17-8-11-7-13(18)5-6-15(11)19-9-12-10-20-16-4-2-1-3-14(12)16/h1-7,10H,8-9H2. The minimum atomic E-state index is 0.575. The largest absolute Gasteiger partial charge is 0.489 e. The van der Waals surface area contributed by atoms with Gasteiger partial charge in [0.2, 0.25) is 0 Å². The van der Waals surface area contributed by atoms with Gasteiger partial charge in [0.1, 0.15) is 12.4 Å². The van der Waals surface area contributed by atoms with Gasteiger partial charge in [0, 0.05) is 26.2 Å². The minimum absolute atomic E-state index is 0.575. The van der Waals surface area contributed by atoms with Gasteiger partial charge in [-0.3, -0.25) is 0 Å². The fourth-order valence-electron chi connectivity index (χ4n) is 2.09. The first-order chi connectivity index (χ1) is 9.78. The van der Waals surface area contributed by atoms with E-state index in [1.54, 1.807) is 11.3 Å². The Morgan fingerprint density at radius 2 is 1.95 bits per heavy atom. The normalized spacial score (nSPS) is 10.9. The van der Waals surface area contributed by atoms with Crippen molar-refractivity contribution >= 4 is 49.0 Å². The zero-order valence-corrected chi connectivity index (χ0v) is 13.8. The van der Waals surface area contributed by atoms with E-state index >= 15 is 0 Å². The third-order valence-corrected chi connectivity index (χ3v) is 4.96. The topological polar surface area (TPSA) is 9.23 Å². The van der Waals surface area contributed by atoms with Crippen molar-refractivity contribution in [2.75, 3.05) is 0 Å². The number of thiophene rings is 1. The van der Waals surface area contributed by atoms with E-state index in [-0.39, 0.29) is 0 Å². The lowest BCUT2D eigenvalue weighted by molar-refractivity contribution is 0.306. The Kier molecular flexibility index (Phi) is 4.29. The first-order valence-electron chi connectivity index (χ1n) is 6.20. The van der Waals surface area contributed by atoms with E-state index in [0.29, 0.717) is 6.61 Å². The number of hydrogen-bond acceptors (Lipinski definition) is 2. The fraction of sp³-hybridized carbons (Fsp3) is 0.125. The molecule has 3 aromatic rings. The monoisotopic (exact) mass is 366 g/mol. The third kappa shape index (κ3) is 2.85. The zero-order chi connectivity index (χ0) is 13.9. The molecule has 4 heteroatoms. The van der Waals surface area contributed by atoms with Crippen molar-refractivity contribution in [3.05, 3.63) is 64.0 Å². The van der Waals surface area contributed by atoms with Crippen LogP contribution in [0.3, 0.4) is 0 Å². The second kappa shape index (κ2) is 6.17. The molecule has 0 N–H and O–H groups in total. The van der Waals surface area contributed by atoms with Gasteiger partial charge in [0.25, 0.3) is 0 Å². The van der Waals surface area contributed by atoms with Gasteiger partial charge in [-0.1, -0.05) is 45.7 Å². The molecule has 1 heterocycles. The molecule has 102 valence electrons. The first kappa shape index (κ1) is 13.9. The maximum absolute atomic E-state index is 6.00. The van der Waals surface area contributed by atoms with Crippen molar-refractivity contribution in [1.29, 1.82) is 0 Å². The number of alkyl halides is 1. The van der Waals surface area contributed by atoms with Crippen LogP contribution in [0.25, 0.3) is 10.1 Å². The summed E-state index contributed by atoms with van der Waals surface area (Å²) in [7, 11) is 0. The second-order valence-electron chi connectivity index (χ2n) is 4.43. The van der Waals surface area contributed by atoms with Gasteiger partial charge in [0.15, 0.2) is 0 Å². The van der Waals surface area contributed by atoms with Crippen LogP contribution in [0, 0.1) is 0 Å². The molecule has 1 nitrogen and oxygen atoms in total. The van der Waals surface area contributed by atoms with Crippen LogP contribution < -0.4 is 4.74 Å². The summed E-state index contributed by atoms with van der Waals surface area (Å²) in [6.45, 7) is 0.575. The average molecular weight is 368 g/mol. The molecule has 0 atom stereocenters. The number of benzene rings is 2. The molecule has 0 fully saturated rings. The third-order valence-electron chi connectivity index (χ3n) is 3.11. The summed E-state index contributed by atoms with van der Waals surface area (Å²) in [5, 5.41) is 4.89. The number of rotatable bonds is 4. The van der Waals surface area contributed by atoms with Gasteiger partial charge < -0.3 is 4.74 Å². The number of ether oxygens (including phenoxy) is 1. The van der Waals surface area contributed by atoms with E-state index in [1.165, 1.54) is 15.6 Å². The molecule has 0 unspecified atom stereocenters. The van der Waals surface area contributed by atoms with Crippen LogP contribution in [0.5, 0.6) is 5.75 Å². The molecule has 20 heavy (non-hydrogen) atoms. The highest BCUT2D eigenvalue weighted by atomic mass is 79.9. The van der Waals surface area contributed by atoms with Crippen LogP contribution in [-0.4, -0.2) is 0 Å². The molecule has 2 aromatic carbocycles. The van der Waals surface area contributed by atoms with Crippen molar-refractivity contribution in [3.63, 3.8) is 0 Å². The van der Waals surface area contributed by atoms with Gasteiger partial charge in [-0.2, -0.15) is 0 Å². The zero-order valence-electron chi connectivity index (χ0n) is 10.6. The SMILES string of the molecule is Clc1ccc(OCc2csc3ccccc23)c(CBr)c1. The summed E-state index contributed by atoms with van der Waals surface area (Å²) < 4.78 is 7.25. The summed E-state index contributed by atoms with van der Waals surface area (Å²) in [5.41, 5.74) is 2.29. The van der Waals surface area contributed by atoms with Crippen LogP contribution in [-0.2, 0) is 11.9 Å². The summed E-state index contributed by atoms with van der Waals surface area (Å²) in [4.78, 5) is 0. The van der Waals surface area contributed by atoms with Crippen LogP contribution in [0.15, 0.2) is 47.8 Å². The predicted octanol–water partition coefficient (Wildman–Crippen LogP) is 6.03. The van der Waals surface area contributed by atoms with Gasteiger partial charge in [-0.25, -0.2) is 0 Å². The first-order valence-corrected chi connectivity index (χ1v) is 8.58. The quantitative estimate of drug-likeness (QED) is 0.512. The van der Waals surface area contributed by atoms with Crippen molar-refractivity contribution < 1.29 is 4.74 Å². The molecule has 0 saturated carbocycles. The van der Waals surface area contributed by atoms with E-state index in [2.05, 4.69) is 45.6 Å². The average Bonchev–Trinajstić information content (AvgIpc) is 2.89. The molecule has 0 aliphatic heterocycles. The molecular weight excluding hydrogens is 356 g/mol. The molecule has 0 aliphatic carbocycles. The molecule has 1 aromatic heterocycles. The Morgan fingerprint density at radius 1 is 1.10 bits per heavy atom. The molecule has 0 spiro atoms. The summed E-state index contributed by atoms with van der Waals surface area (Å²) in [5.74, 6) is 0.876. The summed E-state index contributed by atoms with van der Waals surface area (Å²) in [6, 6.07) is 14.1. The van der Waals surface area contributed by atoms with Gasteiger partial charge in [0.05, 0.1) is 0 Å². The van der Waals surface area contributed by atoms with E-state index in [0.717, 1.165) is 21.7 Å². The molecule has 0 radical (unpaired) electrons. The van der Waals surface area contributed by atoms with Crippen LogP contribution in [0.1, 0.15) is 11.1 Å². The lowest BCUT2D eigenvalue weighted by Gasteiger charge is -2.10. The second-order valence-corrected chi connectivity index (χ2v) is 6.34.